The number of nitrogens with zero attached hydrogens (tertiary/aromatic N) is 2. The molecular weight excluding hydrogens is 279 g/mol. The van der Waals surface area contributed by atoms with Crippen LogP contribution in [0, 0.1) is 5.82 Å². The van der Waals surface area contributed by atoms with Gasteiger partial charge in [0, 0.05) is 13.1 Å². The van der Waals surface area contributed by atoms with Crippen LogP contribution in [0.4, 0.5) is 19.7 Å². The molecule has 2 saturated heterocycles. The Hall–Kier alpha value is -2.64. The molecule has 1 aromatic carbocycles. The second kappa shape index (κ2) is 5.04. The highest BCUT2D eigenvalue weighted by Crippen LogP contribution is 2.20. The molecule has 0 spiro atoms. The minimum atomic E-state index is -0.517. The summed E-state index contributed by atoms with van der Waals surface area (Å²) in [5.41, 5.74) is 0.0981. The first-order valence-electron chi connectivity index (χ1n) is 6.46. The van der Waals surface area contributed by atoms with Crippen LogP contribution in [0.25, 0.3) is 0 Å². The van der Waals surface area contributed by atoms with Crippen molar-refractivity contribution in [1.29, 1.82) is 0 Å². The van der Waals surface area contributed by atoms with Gasteiger partial charge in [0.05, 0.1) is 18.3 Å². The fraction of sp³-hybridized carbons (Fsp3) is 0.308. The van der Waals surface area contributed by atoms with Gasteiger partial charge in [0.1, 0.15) is 5.82 Å². The van der Waals surface area contributed by atoms with E-state index in [1.165, 1.54) is 23.1 Å². The maximum Gasteiger partial charge on any atom is 0.324 e. The second-order valence-electron chi connectivity index (χ2n) is 4.89. The number of halogens is 1. The predicted octanol–water partition coefficient (Wildman–Crippen LogP) is 0.594. The number of rotatable bonds is 2. The summed E-state index contributed by atoms with van der Waals surface area (Å²) >= 11 is 0. The lowest BCUT2D eigenvalue weighted by atomic mass is 10.1. The van der Waals surface area contributed by atoms with Crippen LogP contribution < -0.4 is 10.6 Å². The minimum Gasteiger partial charge on any atom is -0.329 e. The van der Waals surface area contributed by atoms with Gasteiger partial charge in [-0.15, -0.1) is 0 Å². The molecule has 5 amide bonds. The first kappa shape index (κ1) is 13.3. The van der Waals surface area contributed by atoms with Gasteiger partial charge in [-0.2, -0.15) is 0 Å². The Bertz CT molecular complexity index is 599. The highest BCUT2D eigenvalue weighted by molar-refractivity contribution is 6.02. The molecule has 7 nitrogen and oxygen atoms in total. The van der Waals surface area contributed by atoms with Crippen LogP contribution in [0.15, 0.2) is 24.3 Å². The number of para-hydroxylation sites is 1. The summed E-state index contributed by atoms with van der Waals surface area (Å²) in [6.07, 6.45) is 0. The molecule has 1 aromatic rings. The van der Waals surface area contributed by atoms with E-state index in [9.17, 15) is 18.8 Å². The van der Waals surface area contributed by atoms with E-state index >= 15 is 0 Å². The molecular formula is C13H13FN4O3. The lowest BCUT2D eigenvalue weighted by Crippen LogP contribution is -2.63. The summed E-state index contributed by atoms with van der Waals surface area (Å²) in [5, 5.41) is 4.88. The van der Waals surface area contributed by atoms with E-state index in [1.54, 1.807) is 6.07 Å². The SMILES string of the molecule is O=C(Nc1ccccc1F)N1CC(N2C(=O)CNC2=O)C1. The van der Waals surface area contributed by atoms with Gasteiger partial charge in [-0.3, -0.25) is 9.69 Å². The topological polar surface area (TPSA) is 81.8 Å². The maximum absolute atomic E-state index is 13.4. The number of imide groups is 1. The zero-order valence-electron chi connectivity index (χ0n) is 11.0. The summed E-state index contributed by atoms with van der Waals surface area (Å²) in [6.45, 7) is 0.496. The van der Waals surface area contributed by atoms with Gasteiger partial charge in [-0.05, 0) is 12.1 Å². The smallest absolute Gasteiger partial charge is 0.324 e. The Balaban J connectivity index is 1.57. The van der Waals surface area contributed by atoms with Crippen molar-refractivity contribution >= 4 is 23.7 Å². The Morgan fingerprint density at radius 2 is 2.00 bits per heavy atom. The van der Waals surface area contributed by atoms with Crippen LogP contribution in [-0.4, -0.2) is 53.4 Å². The van der Waals surface area contributed by atoms with Gasteiger partial charge in [0.2, 0.25) is 5.91 Å². The van der Waals surface area contributed by atoms with E-state index in [1.807, 2.05) is 0 Å². The van der Waals surface area contributed by atoms with E-state index in [2.05, 4.69) is 10.6 Å². The number of anilines is 1. The molecule has 2 fully saturated rings. The Morgan fingerprint density at radius 3 is 2.62 bits per heavy atom. The van der Waals surface area contributed by atoms with Crippen LogP contribution in [0.3, 0.4) is 0 Å². The molecule has 2 heterocycles. The first-order chi connectivity index (χ1) is 10.1. The van der Waals surface area contributed by atoms with Crippen molar-refractivity contribution in [2.75, 3.05) is 25.0 Å². The lowest BCUT2D eigenvalue weighted by molar-refractivity contribution is -0.128. The molecule has 2 N–H and O–H groups in total. The molecule has 110 valence electrons. The standard InChI is InChI=1S/C13H13FN4O3/c14-9-3-1-2-4-10(9)16-13(21)17-6-8(7-17)18-11(19)5-15-12(18)20/h1-4,8H,5-7H2,(H,15,20)(H,16,21). The molecule has 0 radical (unpaired) electrons. The number of urea groups is 2. The fourth-order valence-corrected chi connectivity index (χ4v) is 2.35. The van der Waals surface area contributed by atoms with Gasteiger partial charge in [0.25, 0.3) is 0 Å². The van der Waals surface area contributed by atoms with E-state index in [0.717, 1.165) is 4.90 Å². The molecule has 0 atom stereocenters. The number of hydrogen-bond acceptors (Lipinski definition) is 3. The van der Waals surface area contributed by atoms with E-state index < -0.39 is 17.9 Å². The highest BCUT2D eigenvalue weighted by Gasteiger charge is 2.42. The number of hydrogen-bond donors (Lipinski definition) is 2. The molecule has 0 aliphatic carbocycles. The number of carbonyl (C=O) groups is 3. The van der Waals surface area contributed by atoms with Crippen LogP contribution in [0.2, 0.25) is 0 Å². The number of likely N-dealkylation sites (tertiary alicyclic amines) is 1. The average Bonchev–Trinajstić information content (AvgIpc) is 2.72. The molecule has 21 heavy (non-hydrogen) atoms. The normalized spacial score (nSPS) is 18.5. The first-order valence-corrected chi connectivity index (χ1v) is 6.46. The second-order valence-corrected chi connectivity index (χ2v) is 4.89. The molecule has 8 heteroatoms. The minimum absolute atomic E-state index is 0.00322. The maximum atomic E-state index is 13.4. The van der Waals surface area contributed by atoms with Gasteiger partial charge in [0.15, 0.2) is 0 Å². The Labute approximate surface area is 119 Å². The zero-order valence-corrected chi connectivity index (χ0v) is 11.0. The third-order valence-electron chi connectivity index (χ3n) is 3.51. The van der Waals surface area contributed by atoms with Gasteiger partial charge in [-0.1, -0.05) is 12.1 Å². The van der Waals surface area contributed by atoms with Crippen LogP contribution in [0.5, 0.6) is 0 Å². The van der Waals surface area contributed by atoms with Crippen molar-refractivity contribution in [2.45, 2.75) is 6.04 Å². The summed E-state index contributed by atoms with van der Waals surface area (Å²) < 4.78 is 13.4. The van der Waals surface area contributed by atoms with Crippen molar-refractivity contribution in [3.63, 3.8) is 0 Å². The third-order valence-corrected chi connectivity index (χ3v) is 3.51. The van der Waals surface area contributed by atoms with Crippen LogP contribution in [0.1, 0.15) is 0 Å². The molecule has 0 unspecified atom stereocenters. The predicted molar refractivity (Wildman–Crippen MR) is 71.0 cm³/mol. The van der Waals surface area contributed by atoms with Gasteiger partial charge >= 0.3 is 12.1 Å². The number of carbonyl (C=O) groups excluding carboxylic acids is 3. The van der Waals surface area contributed by atoms with Gasteiger partial charge < -0.3 is 15.5 Å². The van der Waals surface area contributed by atoms with Crippen LogP contribution >= 0.6 is 0 Å². The summed E-state index contributed by atoms with van der Waals surface area (Å²) in [5.74, 6) is -0.809. The summed E-state index contributed by atoms with van der Waals surface area (Å²) in [4.78, 5) is 37.4. The molecule has 2 aliphatic rings. The number of benzene rings is 1. The quantitative estimate of drug-likeness (QED) is 0.783. The lowest BCUT2D eigenvalue weighted by Gasteiger charge is -2.42. The monoisotopic (exact) mass is 292 g/mol. The highest BCUT2D eigenvalue weighted by atomic mass is 19.1. The van der Waals surface area contributed by atoms with Crippen LogP contribution in [-0.2, 0) is 4.79 Å². The molecule has 0 bridgehead atoms. The largest absolute Gasteiger partial charge is 0.329 e. The van der Waals surface area contributed by atoms with Crippen molar-refractivity contribution in [2.24, 2.45) is 0 Å². The number of amides is 5. The van der Waals surface area contributed by atoms with E-state index in [-0.39, 0.29) is 37.3 Å². The molecule has 0 saturated carbocycles. The van der Waals surface area contributed by atoms with E-state index in [0.29, 0.717) is 0 Å². The molecule has 2 aliphatic heterocycles. The van der Waals surface area contributed by atoms with Crippen molar-refractivity contribution in [1.82, 2.24) is 15.1 Å². The number of nitrogens with one attached hydrogen (secondary N) is 2. The summed E-state index contributed by atoms with van der Waals surface area (Å²) in [7, 11) is 0. The summed E-state index contributed by atoms with van der Waals surface area (Å²) in [6, 6.07) is 4.66. The van der Waals surface area contributed by atoms with Crippen molar-refractivity contribution in [3.05, 3.63) is 30.1 Å². The Morgan fingerprint density at radius 1 is 1.29 bits per heavy atom. The molecule has 3 rings (SSSR count). The fourth-order valence-electron chi connectivity index (χ4n) is 2.35. The van der Waals surface area contributed by atoms with Crippen molar-refractivity contribution < 1.29 is 18.8 Å². The zero-order chi connectivity index (χ0) is 15.0. The van der Waals surface area contributed by atoms with E-state index in [4.69, 9.17) is 0 Å². The Kier molecular flexibility index (Phi) is 3.20. The molecule has 0 aromatic heterocycles. The van der Waals surface area contributed by atoms with Gasteiger partial charge in [-0.25, -0.2) is 14.0 Å². The third kappa shape index (κ3) is 2.39. The van der Waals surface area contributed by atoms with Crippen molar-refractivity contribution in [3.8, 4) is 0 Å². The average molecular weight is 292 g/mol.